The summed E-state index contributed by atoms with van der Waals surface area (Å²) in [6, 6.07) is 3.10. The molecule has 1 aromatic carbocycles. The maximum atomic E-state index is 12.6. The highest BCUT2D eigenvalue weighted by molar-refractivity contribution is 5.87. The van der Waals surface area contributed by atoms with Gasteiger partial charge in [0.1, 0.15) is 23.1 Å². The first kappa shape index (κ1) is 21.6. The fourth-order valence-corrected chi connectivity index (χ4v) is 2.03. The number of rotatable bonds is 6. The van der Waals surface area contributed by atoms with Crippen LogP contribution < -0.4 is 14.8 Å². The molecule has 0 aromatic heterocycles. The van der Waals surface area contributed by atoms with E-state index < -0.39 is 29.7 Å². The van der Waals surface area contributed by atoms with Gasteiger partial charge in [-0.2, -0.15) is 13.2 Å². The summed E-state index contributed by atoms with van der Waals surface area (Å²) in [5, 5.41) is 1.68. The number of methoxy groups -OCH3 is 2. The van der Waals surface area contributed by atoms with E-state index in [0.717, 1.165) is 0 Å². The van der Waals surface area contributed by atoms with Gasteiger partial charge >= 0.3 is 18.1 Å². The van der Waals surface area contributed by atoms with Gasteiger partial charge in [0.05, 0.1) is 14.2 Å². The molecule has 26 heavy (non-hydrogen) atoms. The third-order valence-corrected chi connectivity index (χ3v) is 3.11. The summed E-state index contributed by atoms with van der Waals surface area (Å²) in [5.41, 5.74) is -0.496. The summed E-state index contributed by atoms with van der Waals surface area (Å²) in [4.78, 5) is 23.6. The number of alkyl halides is 3. The molecule has 0 bridgehead atoms. The highest BCUT2D eigenvalue weighted by Gasteiger charge is 2.41. The van der Waals surface area contributed by atoms with Crippen molar-refractivity contribution in [3.8, 4) is 11.5 Å². The summed E-state index contributed by atoms with van der Waals surface area (Å²) < 4.78 is 53.0. The van der Waals surface area contributed by atoms with Gasteiger partial charge in [0.2, 0.25) is 0 Å². The van der Waals surface area contributed by atoms with E-state index in [-0.39, 0.29) is 6.42 Å². The molecule has 0 aliphatic carbocycles. The lowest BCUT2D eigenvalue weighted by atomic mass is 10.0. The second-order valence-corrected chi connectivity index (χ2v) is 6.48. The van der Waals surface area contributed by atoms with E-state index in [2.05, 4.69) is 0 Å². The topological polar surface area (TPSA) is 73.9 Å². The van der Waals surface area contributed by atoms with E-state index in [9.17, 15) is 22.8 Å². The van der Waals surface area contributed by atoms with E-state index in [4.69, 9.17) is 14.2 Å². The minimum absolute atomic E-state index is 0.232. The fourth-order valence-electron chi connectivity index (χ4n) is 2.03. The second-order valence-electron chi connectivity index (χ2n) is 6.48. The first-order valence-electron chi connectivity index (χ1n) is 7.68. The van der Waals surface area contributed by atoms with Crippen LogP contribution in [0.25, 0.3) is 0 Å². The molecule has 0 saturated carbocycles. The monoisotopic (exact) mass is 377 g/mol. The van der Waals surface area contributed by atoms with Crippen LogP contribution >= 0.6 is 0 Å². The molecule has 1 atom stereocenters. The van der Waals surface area contributed by atoms with Crippen molar-refractivity contribution >= 4 is 11.9 Å². The Balaban J connectivity index is 3.12. The quantitative estimate of drug-likeness (QED) is 0.772. The number of nitrogens with one attached hydrogen (secondary N) is 1. The maximum Gasteiger partial charge on any atom is 0.471 e. The normalized spacial score (nSPS) is 12.9. The molecule has 1 amide bonds. The average molecular weight is 377 g/mol. The van der Waals surface area contributed by atoms with Crippen LogP contribution in [-0.2, 0) is 20.7 Å². The van der Waals surface area contributed by atoms with Gasteiger partial charge in [-0.3, -0.25) is 4.79 Å². The number of hydrogen-bond acceptors (Lipinski definition) is 5. The van der Waals surface area contributed by atoms with Gasteiger partial charge < -0.3 is 19.5 Å². The number of esters is 1. The van der Waals surface area contributed by atoms with Crippen molar-refractivity contribution < 1.29 is 37.0 Å². The molecule has 146 valence electrons. The third kappa shape index (κ3) is 6.81. The van der Waals surface area contributed by atoms with Crippen LogP contribution in [0.2, 0.25) is 0 Å². The van der Waals surface area contributed by atoms with Crippen molar-refractivity contribution in [1.82, 2.24) is 5.32 Å². The number of carbonyl (C=O) groups is 2. The number of hydrogen-bond donors (Lipinski definition) is 1. The van der Waals surface area contributed by atoms with Crippen LogP contribution in [0.3, 0.4) is 0 Å². The summed E-state index contributed by atoms with van der Waals surface area (Å²) in [6.45, 7) is 4.71. The molecule has 0 heterocycles. The van der Waals surface area contributed by atoms with E-state index >= 15 is 0 Å². The van der Waals surface area contributed by atoms with Crippen molar-refractivity contribution in [2.75, 3.05) is 14.2 Å². The number of amides is 1. The first-order chi connectivity index (χ1) is 11.9. The Morgan fingerprint density at radius 1 is 1.04 bits per heavy atom. The Morgan fingerprint density at radius 2 is 1.54 bits per heavy atom. The minimum Gasteiger partial charge on any atom is -0.497 e. The van der Waals surface area contributed by atoms with Crippen molar-refractivity contribution in [2.24, 2.45) is 0 Å². The average Bonchev–Trinajstić information content (AvgIpc) is 2.51. The predicted molar refractivity (Wildman–Crippen MR) is 87.1 cm³/mol. The fraction of sp³-hybridized carbons (Fsp3) is 0.529. The maximum absolute atomic E-state index is 12.6. The molecule has 0 aliphatic heterocycles. The third-order valence-electron chi connectivity index (χ3n) is 3.11. The van der Waals surface area contributed by atoms with Crippen LogP contribution in [0.15, 0.2) is 18.2 Å². The molecule has 1 rings (SSSR count). The molecule has 0 aliphatic rings. The van der Waals surface area contributed by atoms with Gasteiger partial charge in [0.15, 0.2) is 0 Å². The van der Waals surface area contributed by atoms with Crippen molar-refractivity contribution in [1.29, 1.82) is 0 Å². The van der Waals surface area contributed by atoms with E-state index in [1.165, 1.54) is 26.4 Å². The van der Waals surface area contributed by atoms with Gasteiger partial charge in [-0.25, -0.2) is 4.79 Å². The van der Waals surface area contributed by atoms with Gasteiger partial charge in [-0.15, -0.1) is 0 Å². The van der Waals surface area contributed by atoms with Crippen LogP contribution in [0.1, 0.15) is 26.3 Å². The number of halogens is 3. The number of carbonyl (C=O) groups excluding carboxylic acids is 2. The molecule has 0 saturated heterocycles. The summed E-state index contributed by atoms with van der Waals surface area (Å²) >= 11 is 0. The van der Waals surface area contributed by atoms with Crippen molar-refractivity contribution in [3.63, 3.8) is 0 Å². The molecule has 0 unspecified atom stereocenters. The zero-order chi connectivity index (χ0) is 20.1. The Labute approximate surface area is 149 Å². The zero-order valence-electron chi connectivity index (χ0n) is 15.2. The summed E-state index contributed by atoms with van der Waals surface area (Å²) in [5.74, 6) is -2.41. The lowest BCUT2D eigenvalue weighted by Gasteiger charge is -2.25. The van der Waals surface area contributed by atoms with E-state index in [1.807, 2.05) is 0 Å². The predicted octanol–water partition coefficient (Wildman–Crippen LogP) is 2.64. The molecule has 1 N–H and O–H groups in total. The van der Waals surface area contributed by atoms with Gasteiger partial charge in [0, 0.05) is 12.5 Å². The lowest BCUT2D eigenvalue weighted by molar-refractivity contribution is -0.177. The number of ether oxygens (including phenoxy) is 3. The second kappa shape index (κ2) is 8.29. The molecule has 0 spiro atoms. The van der Waals surface area contributed by atoms with Gasteiger partial charge in [-0.05, 0) is 38.5 Å². The summed E-state index contributed by atoms with van der Waals surface area (Å²) in [7, 11) is 2.82. The lowest BCUT2D eigenvalue weighted by Crippen LogP contribution is -2.49. The van der Waals surface area contributed by atoms with E-state index in [1.54, 1.807) is 32.2 Å². The molecular formula is C17H22F3NO5. The Morgan fingerprint density at radius 3 is 1.92 bits per heavy atom. The van der Waals surface area contributed by atoms with Crippen LogP contribution in [-0.4, -0.2) is 43.9 Å². The Kier molecular flexibility index (Phi) is 6.88. The van der Waals surface area contributed by atoms with Crippen molar-refractivity contribution in [2.45, 2.75) is 45.0 Å². The van der Waals surface area contributed by atoms with E-state index in [0.29, 0.717) is 17.1 Å². The molecule has 1 aromatic rings. The molecule has 0 fully saturated rings. The minimum atomic E-state index is -5.12. The Hall–Kier alpha value is -2.45. The largest absolute Gasteiger partial charge is 0.497 e. The highest BCUT2D eigenvalue weighted by Crippen LogP contribution is 2.24. The molecule has 6 nitrogen and oxygen atoms in total. The summed E-state index contributed by atoms with van der Waals surface area (Å²) in [6.07, 6.45) is -5.35. The standard InChI is InChI=1S/C17H22F3NO5/c1-16(2,3)26-14(22)13(21-15(23)17(18,19)20)8-10-6-11(24-4)9-12(7-10)25-5/h6-7,9,13H,8H2,1-5H3,(H,21,23)/t13-/m1/s1. The smallest absolute Gasteiger partial charge is 0.471 e. The van der Waals surface area contributed by atoms with Crippen molar-refractivity contribution in [3.05, 3.63) is 23.8 Å². The van der Waals surface area contributed by atoms with Gasteiger partial charge in [0.25, 0.3) is 0 Å². The molecule has 0 radical (unpaired) electrons. The molecule has 9 heteroatoms. The zero-order valence-corrected chi connectivity index (χ0v) is 15.2. The van der Waals surface area contributed by atoms with Gasteiger partial charge in [-0.1, -0.05) is 0 Å². The van der Waals surface area contributed by atoms with Crippen LogP contribution in [0, 0.1) is 0 Å². The number of benzene rings is 1. The first-order valence-corrected chi connectivity index (χ1v) is 7.68. The molecular weight excluding hydrogens is 355 g/mol. The van der Waals surface area contributed by atoms with Crippen LogP contribution in [0.4, 0.5) is 13.2 Å². The van der Waals surface area contributed by atoms with Crippen LogP contribution in [0.5, 0.6) is 11.5 Å². The SMILES string of the molecule is COc1cc(C[C@@H](NC(=O)C(F)(F)F)C(=O)OC(C)(C)C)cc(OC)c1. The highest BCUT2D eigenvalue weighted by atomic mass is 19.4. The Bertz CT molecular complexity index is 631.